The summed E-state index contributed by atoms with van der Waals surface area (Å²) >= 11 is 1.70. The van der Waals surface area contributed by atoms with Gasteiger partial charge >= 0.3 is 0 Å². The second kappa shape index (κ2) is 7.01. The summed E-state index contributed by atoms with van der Waals surface area (Å²) < 4.78 is 12.1. The lowest BCUT2D eigenvalue weighted by molar-refractivity contribution is 0.0945. The minimum absolute atomic E-state index is 0.235. The Morgan fingerprint density at radius 2 is 2.23 bits per heavy atom. The van der Waals surface area contributed by atoms with Crippen molar-refractivity contribution in [3.05, 3.63) is 59.6 Å². The fraction of sp³-hybridized carbons (Fsp3) is 0.167. The molecule has 1 amide bonds. The first-order valence-electron chi connectivity index (χ1n) is 8.05. The molecule has 0 unspecified atom stereocenters. The fourth-order valence-corrected chi connectivity index (χ4v) is 3.50. The van der Waals surface area contributed by atoms with Gasteiger partial charge in [-0.05, 0) is 30.7 Å². The molecule has 26 heavy (non-hydrogen) atoms. The molecule has 0 aromatic carbocycles. The zero-order chi connectivity index (χ0) is 17.9. The maximum absolute atomic E-state index is 12.2. The number of hydrogen-bond acceptors (Lipinski definition) is 6. The molecule has 0 aliphatic rings. The SMILES string of the molecule is Cn1cc(-c2ccc(CCNC(=O)c3cc(-c4ccco4)on3)s2)cn1. The molecule has 0 saturated heterocycles. The standard InChI is InChI=1S/C18H16N4O3S/c1-22-11-12(10-20-22)17-5-4-13(26-17)6-7-19-18(23)14-9-16(25-21-14)15-3-2-8-24-15/h2-5,8-11H,6-7H2,1H3,(H,19,23). The lowest BCUT2D eigenvalue weighted by atomic mass is 10.2. The van der Waals surface area contributed by atoms with Crippen LogP contribution in [0.25, 0.3) is 22.0 Å². The summed E-state index contributed by atoms with van der Waals surface area (Å²) in [5.41, 5.74) is 1.33. The summed E-state index contributed by atoms with van der Waals surface area (Å²) in [4.78, 5) is 14.5. The molecule has 0 atom stereocenters. The zero-order valence-corrected chi connectivity index (χ0v) is 14.8. The molecule has 0 saturated carbocycles. The van der Waals surface area contributed by atoms with Crippen molar-refractivity contribution >= 4 is 17.2 Å². The van der Waals surface area contributed by atoms with Crippen LogP contribution in [-0.2, 0) is 13.5 Å². The van der Waals surface area contributed by atoms with Gasteiger partial charge in [0.1, 0.15) is 0 Å². The normalized spacial score (nSPS) is 11.0. The van der Waals surface area contributed by atoms with Crippen LogP contribution in [0.5, 0.6) is 0 Å². The Labute approximate surface area is 153 Å². The number of nitrogens with one attached hydrogen (secondary N) is 1. The maximum atomic E-state index is 12.2. The van der Waals surface area contributed by atoms with Crippen LogP contribution in [-0.4, -0.2) is 27.4 Å². The molecular weight excluding hydrogens is 352 g/mol. The van der Waals surface area contributed by atoms with Crippen LogP contribution in [0.2, 0.25) is 0 Å². The molecule has 1 N–H and O–H groups in total. The predicted octanol–water partition coefficient (Wildman–Crippen LogP) is 3.37. The average molecular weight is 368 g/mol. The van der Waals surface area contributed by atoms with E-state index in [4.69, 9.17) is 8.94 Å². The van der Waals surface area contributed by atoms with Crippen molar-refractivity contribution in [2.45, 2.75) is 6.42 Å². The molecule has 4 heterocycles. The van der Waals surface area contributed by atoms with Crippen LogP contribution in [0, 0.1) is 0 Å². The molecule has 0 fully saturated rings. The van der Waals surface area contributed by atoms with Gasteiger partial charge in [-0.3, -0.25) is 9.48 Å². The number of furan rings is 1. The molecule has 0 radical (unpaired) electrons. The second-order valence-corrected chi connectivity index (χ2v) is 6.90. The van der Waals surface area contributed by atoms with Crippen molar-refractivity contribution in [2.75, 3.05) is 6.54 Å². The highest BCUT2D eigenvalue weighted by atomic mass is 32.1. The first-order chi connectivity index (χ1) is 12.7. The van der Waals surface area contributed by atoms with Gasteiger partial charge in [0.05, 0.1) is 12.5 Å². The number of carbonyl (C=O) groups excluding carboxylic acids is 1. The highest BCUT2D eigenvalue weighted by Crippen LogP contribution is 2.27. The monoisotopic (exact) mass is 368 g/mol. The van der Waals surface area contributed by atoms with E-state index in [9.17, 15) is 4.79 Å². The molecule has 4 rings (SSSR count). The minimum atomic E-state index is -0.268. The van der Waals surface area contributed by atoms with E-state index in [1.54, 1.807) is 40.5 Å². The van der Waals surface area contributed by atoms with Crippen LogP contribution in [0.15, 0.2) is 57.9 Å². The van der Waals surface area contributed by atoms with Crippen LogP contribution >= 0.6 is 11.3 Å². The number of thiophene rings is 1. The number of carbonyl (C=O) groups is 1. The van der Waals surface area contributed by atoms with Gasteiger partial charge in [-0.15, -0.1) is 11.3 Å². The molecular formula is C18H16N4O3S. The molecule has 0 spiro atoms. The first kappa shape index (κ1) is 16.3. The number of aryl methyl sites for hydroxylation is 1. The third kappa shape index (κ3) is 3.45. The van der Waals surface area contributed by atoms with Gasteiger partial charge in [-0.2, -0.15) is 5.10 Å². The van der Waals surface area contributed by atoms with E-state index in [1.165, 1.54) is 9.75 Å². The van der Waals surface area contributed by atoms with Crippen molar-refractivity contribution in [3.63, 3.8) is 0 Å². The van der Waals surface area contributed by atoms with E-state index in [1.807, 2.05) is 19.4 Å². The zero-order valence-electron chi connectivity index (χ0n) is 14.0. The number of rotatable bonds is 6. The molecule has 4 aromatic heterocycles. The van der Waals surface area contributed by atoms with Gasteiger partial charge in [0, 0.05) is 41.2 Å². The van der Waals surface area contributed by atoms with E-state index < -0.39 is 0 Å². The quantitative estimate of drug-likeness (QED) is 0.564. The Morgan fingerprint density at radius 1 is 1.31 bits per heavy atom. The highest BCUT2D eigenvalue weighted by Gasteiger charge is 2.15. The molecule has 4 aromatic rings. The number of amides is 1. The van der Waals surface area contributed by atoms with Gasteiger partial charge in [0.15, 0.2) is 11.5 Å². The summed E-state index contributed by atoms with van der Waals surface area (Å²) in [7, 11) is 1.90. The summed E-state index contributed by atoms with van der Waals surface area (Å²) in [5, 5.41) is 10.8. The molecule has 0 aliphatic heterocycles. The fourth-order valence-electron chi connectivity index (χ4n) is 2.52. The number of nitrogens with zero attached hydrogens (tertiary/aromatic N) is 3. The Bertz CT molecular complexity index is 1010. The van der Waals surface area contributed by atoms with Gasteiger partial charge in [0.25, 0.3) is 5.91 Å². The van der Waals surface area contributed by atoms with Crippen molar-refractivity contribution in [3.8, 4) is 22.0 Å². The summed E-state index contributed by atoms with van der Waals surface area (Å²) in [6.07, 6.45) is 6.12. The summed E-state index contributed by atoms with van der Waals surface area (Å²) in [6, 6.07) is 9.22. The lowest BCUT2D eigenvalue weighted by Crippen LogP contribution is -2.25. The Hall–Kier alpha value is -3.13. The number of hydrogen-bond donors (Lipinski definition) is 1. The van der Waals surface area contributed by atoms with E-state index in [0.717, 1.165) is 12.0 Å². The Morgan fingerprint density at radius 3 is 3.00 bits per heavy atom. The smallest absolute Gasteiger partial charge is 0.273 e. The first-order valence-corrected chi connectivity index (χ1v) is 8.87. The van der Waals surface area contributed by atoms with Gasteiger partial charge in [-0.25, -0.2) is 0 Å². The minimum Gasteiger partial charge on any atom is -0.461 e. The van der Waals surface area contributed by atoms with Gasteiger partial charge in [0.2, 0.25) is 5.76 Å². The topological polar surface area (TPSA) is 86.1 Å². The largest absolute Gasteiger partial charge is 0.461 e. The van der Waals surface area contributed by atoms with Crippen LogP contribution in [0.4, 0.5) is 0 Å². The van der Waals surface area contributed by atoms with E-state index in [-0.39, 0.29) is 11.6 Å². The molecule has 8 heteroatoms. The third-order valence-corrected chi connectivity index (χ3v) is 5.01. The third-order valence-electron chi connectivity index (χ3n) is 3.81. The second-order valence-electron chi connectivity index (χ2n) is 5.73. The van der Waals surface area contributed by atoms with Crippen molar-refractivity contribution in [2.24, 2.45) is 7.05 Å². The maximum Gasteiger partial charge on any atom is 0.273 e. The Kier molecular flexibility index (Phi) is 4.40. The van der Waals surface area contributed by atoms with E-state index in [0.29, 0.717) is 18.1 Å². The van der Waals surface area contributed by atoms with Crippen LogP contribution < -0.4 is 5.32 Å². The lowest BCUT2D eigenvalue weighted by Gasteiger charge is -2.00. The summed E-state index contributed by atoms with van der Waals surface area (Å²) in [6.45, 7) is 0.523. The van der Waals surface area contributed by atoms with Crippen molar-refractivity contribution in [1.82, 2.24) is 20.3 Å². The average Bonchev–Trinajstić information content (AvgIpc) is 3.40. The predicted molar refractivity (Wildman–Crippen MR) is 96.8 cm³/mol. The van der Waals surface area contributed by atoms with E-state index in [2.05, 4.69) is 27.7 Å². The molecule has 0 bridgehead atoms. The summed E-state index contributed by atoms with van der Waals surface area (Å²) in [5.74, 6) is 0.702. The van der Waals surface area contributed by atoms with Crippen molar-refractivity contribution < 1.29 is 13.7 Å². The van der Waals surface area contributed by atoms with Gasteiger partial charge in [-0.1, -0.05) is 5.16 Å². The van der Waals surface area contributed by atoms with Crippen LogP contribution in [0.1, 0.15) is 15.4 Å². The Balaban J connectivity index is 1.32. The van der Waals surface area contributed by atoms with Gasteiger partial charge < -0.3 is 14.3 Å². The highest BCUT2D eigenvalue weighted by molar-refractivity contribution is 7.15. The molecule has 7 nitrogen and oxygen atoms in total. The van der Waals surface area contributed by atoms with Crippen LogP contribution in [0.3, 0.4) is 0 Å². The molecule has 132 valence electrons. The van der Waals surface area contributed by atoms with Crippen molar-refractivity contribution in [1.29, 1.82) is 0 Å². The van der Waals surface area contributed by atoms with E-state index >= 15 is 0 Å². The number of aromatic nitrogens is 3. The molecule has 0 aliphatic carbocycles.